The number of aliphatic carboxylic acids is 1. The SMILES string of the molecule is O=C([O-])CCc1cc2ccc(C(F)(F)F)cc2s1. The van der Waals surface area contributed by atoms with Gasteiger partial charge in [-0.25, -0.2) is 0 Å². The van der Waals surface area contributed by atoms with Gasteiger partial charge in [0.25, 0.3) is 0 Å². The highest BCUT2D eigenvalue weighted by atomic mass is 32.1. The summed E-state index contributed by atoms with van der Waals surface area (Å²) >= 11 is 1.18. The largest absolute Gasteiger partial charge is 0.550 e. The van der Waals surface area contributed by atoms with Crippen LogP contribution in [0.1, 0.15) is 16.9 Å². The smallest absolute Gasteiger partial charge is 0.416 e. The molecule has 0 spiro atoms. The van der Waals surface area contributed by atoms with Gasteiger partial charge < -0.3 is 9.90 Å². The van der Waals surface area contributed by atoms with Crippen molar-refractivity contribution >= 4 is 27.4 Å². The first-order valence-corrected chi connectivity index (χ1v) is 5.97. The number of halogens is 3. The predicted molar refractivity (Wildman–Crippen MR) is 60.2 cm³/mol. The summed E-state index contributed by atoms with van der Waals surface area (Å²) in [5, 5.41) is 11.0. The van der Waals surface area contributed by atoms with Crippen molar-refractivity contribution in [3.63, 3.8) is 0 Å². The summed E-state index contributed by atoms with van der Waals surface area (Å²) in [6, 6.07) is 5.22. The summed E-state index contributed by atoms with van der Waals surface area (Å²) in [4.78, 5) is 11.1. The Balaban J connectivity index is 2.31. The molecule has 1 heterocycles. The van der Waals surface area contributed by atoms with Crippen LogP contribution in [0.3, 0.4) is 0 Å². The van der Waals surface area contributed by atoms with E-state index in [1.807, 2.05) is 0 Å². The van der Waals surface area contributed by atoms with Crippen LogP contribution in [0.15, 0.2) is 24.3 Å². The van der Waals surface area contributed by atoms with Crippen LogP contribution in [0, 0.1) is 0 Å². The molecule has 0 saturated heterocycles. The number of carboxylic acids is 1. The number of benzene rings is 1. The Bertz CT molecular complexity index is 587. The lowest BCUT2D eigenvalue weighted by molar-refractivity contribution is -0.305. The van der Waals surface area contributed by atoms with E-state index >= 15 is 0 Å². The van der Waals surface area contributed by atoms with E-state index in [-0.39, 0.29) is 12.8 Å². The first-order chi connectivity index (χ1) is 8.36. The van der Waals surface area contributed by atoms with Gasteiger partial charge in [0, 0.05) is 15.5 Å². The topological polar surface area (TPSA) is 40.1 Å². The van der Waals surface area contributed by atoms with E-state index in [1.165, 1.54) is 17.4 Å². The van der Waals surface area contributed by atoms with E-state index in [0.717, 1.165) is 17.0 Å². The van der Waals surface area contributed by atoms with Gasteiger partial charge in [0.05, 0.1) is 5.56 Å². The molecule has 0 fully saturated rings. The van der Waals surface area contributed by atoms with Gasteiger partial charge >= 0.3 is 6.18 Å². The summed E-state index contributed by atoms with van der Waals surface area (Å²) in [6.45, 7) is 0. The molecule has 0 atom stereocenters. The highest BCUT2D eigenvalue weighted by Gasteiger charge is 2.30. The molecule has 0 aliphatic carbocycles. The Morgan fingerprint density at radius 3 is 2.61 bits per heavy atom. The predicted octanol–water partition coefficient (Wildman–Crippen LogP) is 2.60. The lowest BCUT2D eigenvalue weighted by Crippen LogP contribution is -2.22. The molecule has 0 unspecified atom stereocenters. The van der Waals surface area contributed by atoms with Crippen LogP contribution >= 0.6 is 11.3 Å². The van der Waals surface area contributed by atoms with Crippen LogP contribution in [0.2, 0.25) is 0 Å². The van der Waals surface area contributed by atoms with Crippen molar-refractivity contribution in [3.8, 4) is 0 Å². The number of aryl methyl sites for hydroxylation is 1. The number of alkyl halides is 3. The molecule has 96 valence electrons. The van der Waals surface area contributed by atoms with Gasteiger partial charge in [-0.2, -0.15) is 13.2 Å². The van der Waals surface area contributed by atoms with Crippen molar-refractivity contribution in [2.45, 2.75) is 19.0 Å². The molecule has 0 amide bonds. The van der Waals surface area contributed by atoms with Gasteiger partial charge in [-0.05, 0) is 36.4 Å². The zero-order valence-corrected chi connectivity index (χ0v) is 9.90. The number of hydrogen-bond acceptors (Lipinski definition) is 3. The van der Waals surface area contributed by atoms with Crippen molar-refractivity contribution < 1.29 is 23.1 Å². The Morgan fingerprint density at radius 2 is 2.00 bits per heavy atom. The second-order valence-electron chi connectivity index (χ2n) is 3.84. The fourth-order valence-electron chi connectivity index (χ4n) is 1.61. The minimum absolute atomic E-state index is 0.126. The van der Waals surface area contributed by atoms with Crippen molar-refractivity contribution in [2.24, 2.45) is 0 Å². The van der Waals surface area contributed by atoms with E-state index in [2.05, 4.69) is 0 Å². The van der Waals surface area contributed by atoms with E-state index in [1.54, 1.807) is 6.07 Å². The third-order valence-corrected chi connectivity index (χ3v) is 3.63. The van der Waals surface area contributed by atoms with Gasteiger partial charge in [0.15, 0.2) is 0 Å². The summed E-state index contributed by atoms with van der Waals surface area (Å²) in [5.74, 6) is -1.16. The normalized spacial score (nSPS) is 11.9. The lowest BCUT2D eigenvalue weighted by atomic mass is 10.1. The zero-order chi connectivity index (χ0) is 13.3. The molecule has 6 heteroatoms. The summed E-state index contributed by atoms with van der Waals surface area (Å²) in [6.07, 6.45) is -4.20. The van der Waals surface area contributed by atoms with E-state index in [9.17, 15) is 23.1 Å². The van der Waals surface area contributed by atoms with Crippen LogP contribution in [-0.4, -0.2) is 5.97 Å². The molecular weight excluding hydrogens is 265 g/mol. The third kappa shape index (κ3) is 2.81. The monoisotopic (exact) mass is 273 g/mol. The van der Waals surface area contributed by atoms with Crippen molar-refractivity contribution in [3.05, 3.63) is 34.7 Å². The van der Waals surface area contributed by atoms with Gasteiger partial charge in [-0.15, -0.1) is 11.3 Å². The fourth-order valence-corrected chi connectivity index (χ4v) is 2.71. The number of carboxylic acid groups (broad SMARTS) is 1. The maximum atomic E-state index is 12.5. The second kappa shape index (κ2) is 4.61. The van der Waals surface area contributed by atoms with Crippen LogP contribution in [0.5, 0.6) is 0 Å². The fraction of sp³-hybridized carbons (Fsp3) is 0.250. The maximum absolute atomic E-state index is 12.5. The Kier molecular flexibility index (Phi) is 3.30. The van der Waals surface area contributed by atoms with E-state index in [4.69, 9.17) is 0 Å². The first-order valence-electron chi connectivity index (χ1n) is 5.16. The number of carbonyl (C=O) groups excluding carboxylic acids is 1. The highest BCUT2D eigenvalue weighted by Crippen LogP contribution is 2.34. The molecule has 0 aliphatic rings. The summed E-state index contributed by atoms with van der Waals surface area (Å²) in [7, 11) is 0. The average molecular weight is 273 g/mol. The quantitative estimate of drug-likeness (QED) is 0.862. The first kappa shape index (κ1) is 12.9. The van der Waals surface area contributed by atoms with Gasteiger partial charge in [-0.1, -0.05) is 6.07 Å². The Hall–Kier alpha value is -1.56. The molecule has 0 radical (unpaired) electrons. The van der Waals surface area contributed by atoms with Crippen LogP contribution in [-0.2, 0) is 17.4 Å². The zero-order valence-electron chi connectivity index (χ0n) is 9.08. The standard InChI is InChI=1S/C12H9F3O2S/c13-12(14,15)8-2-1-7-5-9(3-4-11(16)17)18-10(7)6-8/h1-2,5-6H,3-4H2,(H,16,17)/p-1. The van der Waals surface area contributed by atoms with Gasteiger partial charge in [0.1, 0.15) is 0 Å². The van der Waals surface area contributed by atoms with Crippen molar-refractivity contribution in [2.75, 3.05) is 0 Å². The lowest BCUT2D eigenvalue weighted by Gasteiger charge is -2.05. The summed E-state index contributed by atoms with van der Waals surface area (Å²) in [5.41, 5.74) is -0.691. The number of rotatable bonds is 3. The number of fused-ring (bicyclic) bond motifs is 1. The minimum Gasteiger partial charge on any atom is -0.550 e. The summed E-state index contributed by atoms with van der Waals surface area (Å²) < 4.78 is 38.0. The molecule has 0 saturated carbocycles. The molecule has 0 N–H and O–H groups in total. The molecule has 0 aliphatic heterocycles. The number of thiophene rings is 1. The Morgan fingerprint density at radius 1 is 1.28 bits per heavy atom. The highest BCUT2D eigenvalue weighted by molar-refractivity contribution is 7.19. The molecule has 1 aromatic heterocycles. The molecule has 2 rings (SSSR count). The molecule has 1 aromatic carbocycles. The number of carbonyl (C=O) groups is 1. The van der Waals surface area contributed by atoms with Crippen molar-refractivity contribution in [1.29, 1.82) is 0 Å². The van der Waals surface area contributed by atoms with Gasteiger partial charge in [0.2, 0.25) is 0 Å². The van der Waals surface area contributed by atoms with Crippen molar-refractivity contribution in [1.82, 2.24) is 0 Å². The molecule has 18 heavy (non-hydrogen) atoms. The molecule has 2 aromatic rings. The number of hydrogen-bond donors (Lipinski definition) is 0. The average Bonchev–Trinajstić information content (AvgIpc) is 2.66. The minimum atomic E-state index is -4.36. The molecule has 0 bridgehead atoms. The van der Waals surface area contributed by atoms with Crippen LogP contribution in [0.25, 0.3) is 10.1 Å². The van der Waals surface area contributed by atoms with E-state index < -0.39 is 17.7 Å². The molecule has 2 nitrogen and oxygen atoms in total. The van der Waals surface area contributed by atoms with Crippen LogP contribution in [0.4, 0.5) is 13.2 Å². The second-order valence-corrected chi connectivity index (χ2v) is 5.00. The Labute approximate surface area is 105 Å². The van der Waals surface area contributed by atoms with Crippen LogP contribution < -0.4 is 5.11 Å². The molecular formula is C12H8F3O2S-. The van der Waals surface area contributed by atoms with E-state index in [0.29, 0.717) is 10.1 Å². The van der Waals surface area contributed by atoms with Gasteiger partial charge in [-0.3, -0.25) is 0 Å². The maximum Gasteiger partial charge on any atom is 0.416 e. The third-order valence-electron chi connectivity index (χ3n) is 2.47.